The molecule has 1 unspecified atom stereocenters. The van der Waals surface area contributed by atoms with Crippen molar-refractivity contribution in [3.8, 4) is 0 Å². The Morgan fingerprint density at radius 1 is 1.29 bits per heavy atom. The predicted molar refractivity (Wildman–Crippen MR) is 112 cm³/mol. The van der Waals surface area contributed by atoms with Gasteiger partial charge in [0.05, 0.1) is 4.90 Å². The molecule has 1 saturated heterocycles. The van der Waals surface area contributed by atoms with Gasteiger partial charge in [-0.15, -0.1) is 0 Å². The average molecular weight is 411 g/mol. The van der Waals surface area contributed by atoms with Crippen molar-refractivity contribution in [1.29, 1.82) is 0 Å². The lowest BCUT2D eigenvalue weighted by Crippen LogP contribution is -2.55. The van der Waals surface area contributed by atoms with Crippen LogP contribution in [0, 0.1) is 5.92 Å². The zero-order valence-electron chi connectivity index (χ0n) is 17.4. The third-order valence-corrected chi connectivity index (χ3v) is 6.98. The largest absolute Gasteiger partial charge is 0.336 e. The number of urea groups is 1. The van der Waals surface area contributed by atoms with Crippen molar-refractivity contribution in [1.82, 2.24) is 20.3 Å². The molecule has 2 amide bonds. The molecule has 1 aliphatic rings. The summed E-state index contributed by atoms with van der Waals surface area (Å²) in [5.41, 5.74) is 0.624. The number of amides is 2. The Bertz CT molecular complexity index is 764. The van der Waals surface area contributed by atoms with Crippen LogP contribution in [0.5, 0.6) is 0 Å². The SMILES string of the molecule is CCC1CCCN(C(C)(C)CNC(=O)NCc2cccc(S(=O)(=O)NC)c2)C1. The molecule has 1 heterocycles. The molecule has 158 valence electrons. The highest BCUT2D eigenvalue weighted by Gasteiger charge is 2.31. The third-order valence-electron chi connectivity index (χ3n) is 5.56. The van der Waals surface area contributed by atoms with Crippen molar-refractivity contribution in [3.05, 3.63) is 29.8 Å². The number of benzene rings is 1. The summed E-state index contributed by atoms with van der Waals surface area (Å²) in [5.74, 6) is 0.739. The van der Waals surface area contributed by atoms with E-state index in [9.17, 15) is 13.2 Å². The summed E-state index contributed by atoms with van der Waals surface area (Å²) in [7, 11) is -2.12. The predicted octanol–water partition coefficient (Wildman–Crippen LogP) is 2.29. The average Bonchev–Trinajstić information content (AvgIpc) is 2.71. The Morgan fingerprint density at radius 2 is 2.04 bits per heavy atom. The zero-order chi connectivity index (χ0) is 20.8. The number of rotatable bonds is 8. The van der Waals surface area contributed by atoms with E-state index in [-0.39, 0.29) is 23.0 Å². The Morgan fingerprint density at radius 3 is 2.71 bits per heavy atom. The van der Waals surface area contributed by atoms with Crippen LogP contribution < -0.4 is 15.4 Å². The highest BCUT2D eigenvalue weighted by molar-refractivity contribution is 7.89. The Kier molecular flexibility index (Phi) is 7.86. The maximum Gasteiger partial charge on any atom is 0.315 e. The van der Waals surface area contributed by atoms with E-state index in [0.717, 1.165) is 24.6 Å². The summed E-state index contributed by atoms with van der Waals surface area (Å²) in [5, 5.41) is 5.76. The first-order chi connectivity index (χ1) is 13.2. The molecule has 1 aromatic rings. The van der Waals surface area contributed by atoms with Crippen LogP contribution in [0.25, 0.3) is 0 Å². The van der Waals surface area contributed by atoms with Crippen LogP contribution in [-0.4, -0.2) is 51.6 Å². The molecule has 0 aromatic heterocycles. The van der Waals surface area contributed by atoms with Gasteiger partial charge >= 0.3 is 6.03 Å². The molecule has 1 aromatic carbocycles. The molecule has 0 aliphatic carbocycles. The number of hydrogen-bond acceptors (Lipinski definition) is 4. The zero-order valence-corrected chi connectivity index (χ0v) is 18.2. The normalized spacial score (nSPS) is 18.6. The molecule has 0 bridgehead atoms. The van der Waals surface area contributed by atoms with E-state index in [1.165, 1.54) is 32.4 Å². The maximum absolute atomic E-state index is 12.2. The van der Waals surface area contributed by atoms with E-state index in [1.807, 2.05) is 0 Å². The second kappa shape index (κ2) is 9.71. The topological polar surface area (TPSA) is 90.5 Å². The van der Waals surface area contributed by atoms with E-state index in [4.69, 9.17) is 0 Å². The van der Waals surface area contributed by atoms with Crippen LogP contribution in [0.2, 0.25) is 0 Å². The molecule has 8 heteroatoms. The van der Waals surface area contributed by atoms with E-state index in [1.54, 1.807) is 18.2 Å². The number of carbonyl (C=O) groups is 1. The van der Waals surface area contributed by atoms with Crippen molar-refractivity contribution in [3.63, 3.8) is 0 Å². The van der Waals surface area contributed by atoms with Gasteiger partial charge in [-0.05, 0) is 63.9 Å². The summed E-state index contributed by atoms with van der Waals surface area (Å²) in [4.78, 5) is 14.9. The van der Waals surface area contributed by atoms with Gasteiger partial charge in [-0.2, -0.15) is 0 Å². The number of hydrogen-bond donors (Lipinski definition) is 3. The van der Waals surface area contributed by atoms with Crippen molar-refractivity contribution < 1.29 is 13.2 Å². The summed E-state index contributed by atoms with van der Waals surface area (Å²) in [6.07, 6.45) is 3.70. The molecule has 2 rings (SSSR count). The lowest BCUT2D eigenvalue weighted by atomic mass is 9.91. The molecule has 1 aliphatic heterocycles. The standard InChI is InChI=1S/C20H34N4O3S/c1-5-16-9-7-11-24(14-16)20(2,3)15-23-19(25)22-13-17-8-6-10-18(12-17)28(26,27)21-4/h6,8,10,12,16,21H,5,7,9,11,13-15H2,1-4H3,(H2,22,23,25). The first kappa shape index (κ1) is 22.6. The molecule has 3 N–H and O–H groups in total. The number of likely N-dealkylation sites (tertiary alicyclic amines) is 1. The van der Waals surface area contributed by atoms with Gasteiger partial charge in [0.15, 0.2) is 0 Å². The van der Waals surface area contributed by atoms with Gasteiger partial charge < -0.3 is 10.6 Å². The van der Waals surface area contributed by atoms with Gasteiger partial charge in [-0.3, -0.25) is 4.90 Å². The van der Waals surface area contributed by atoms with Gasteiger partial charge in [0.25, 0.3) is 0 Å². The number of nitrogens with zero attached hydrogens (tertiary/aromatic N) is 1. The molecule has 1 atom stereocenters. The van der Waals surface area contributed by atoms with Crippen LogP contribution in [0.1, 0.15) is 45.6 Å². The molecular formula is C20H34N4O3S. The van der Waals surface area contributed by atoms with Gasteiger partial charge in [0.1, 0.15) is 0 Å². The lowest BCUT2D eigenvalue weighted by Gasteiger charge is -2.43. The van der Waals surface area contributed by atoms with Crippen molar-refractivity contribution in [2.24, 2.45) is 5.92 Å². The van der Waals surface area contributed by atoms with Crippen molar-refractivity contribution >= 4 is 16.1 Å². The molecule has 7 nitrogen and oxygen atoms in total. The number of piperidine rings is 1. The van der Waals surface area contributed by atoms with E-state index >= 15 is 0 Å². The number of carbonyl (C=O) groups excluding carboxylic acids is 1. The minimum absolute atomic E-state index is 0.105. The van der Waals surface area contributed by atoms with Crippen LogP contribution in [0.4, 0.5) is 4.79 Å². The lowest BCUT2D eigenvalue weighted by molar-refractivity contribution is 0.0665. The Hall–Kier alpha value is -1.64. The molecule has 0 saturated carbocycles. The number of nitrogens with one attached hydrogen (secondary N) is 3. The summed E-state index contributed by atoms with van der Waals surface area (Å²) in [6.45, 7) is 9.54. The minimum atomic E-state index is -3.49. The van der Waals surface area contributed by atoms with E-state index in [2.05, 4.69) is 41.0 Å². The van der Waals surface area contributed by atoms with Gasteiger partial charge in [0, 0.05) is 25.2 Å². The van der Waals surface area contributed by atoms with Gasteiger partial charge in [0.2, 0.25) is 10.0 Å². The first-order valence-electron chi connectivity index (χ1n) is 9.97. The first-order valence-corrected chi connectivity index (χ1v) is 11.5. The van der Waals surface area contributed by atoms with Crippen LogP contribution in [0.3, 0.4) is 0 Å². The Balaban J connectivity index is 1.85. The summed E-state index contributed by atoms with van der Waals surface area (Å²) in [6, 6.07) is 6.30. The molecular weight excluding hydrogens is 376 g/mol. The smallest absolute Gasteiger partial charge is 0.315 e. The second-order valence-corrected chi connectivity index (χ2v) is 9.95. The van der Waals surface area contributed by atoms with E-state index in [0.29, 0.717) is 6.54 Å². The highest BCUT2D eigenvalue weighted by atomic mass is 32.2. The minimum Gasteiger partial charge on any atom is -0.336 e. The maximum atomic E-state index is 12.2. The van der Waals surface area contributed by atoms with Crippen LogP contribution in [-0.2, 0) is 16.6 Å². The third kappa shape index (κ3) is 6.18. The summed E-state index contributed by atoms with van der Waals surface area (Å²) >= 11 is 0. The van der Waals surface area contributed by atoms with Gasteiger partial charge in [-0.25, -0.2) is 17.9 Å². The Labute approximate surface area is 169 Å². The highest BCUT2D eigenvalue weighted by Crippen LogP contribution is 2.25. The summed E-state index contributed by atoms with van der Waals surface area (Å²) < 4.78 is 26.1. The second-order valence-electron chi connectivity index (χ2n) is 8.07. The van der Waals surface area contributed by atoms with Gasteiger partial charge in [-0.1, -0.05) is 25.5 Å². The fraction of sp³-hybridized carbons (Fsp3) is 0.650. The number of sulfonamides is 1. The molecule has 0 radical (unpaired) electrons. The molecule has 1 fully saturated rings. The fourth-order valence-electron chi connectivity index (χ4n) is 3.54. The quantitative estimate of drug-likeness (QED) is 0.613. The molecule has 28 heavy (non-hydrogen) atoms. The fourth-order valence-corrected chi connectivity index (χ4v) is 4.34. The van der Waals surface area contributed by atoms with Crippen molar-refractivity contribution in [2.45, 2.75) is 57.0 Å². The van der Waals surface area contributed by atoms with Crippen LogP contribution >= 0.6 is 0 Å². The van der Waals surface area contributed by atoms with Crippen LogP contribution in [0.15, 0.2) is 29.2 Å². The van der Waals surface area contributed by atoms with E-state index < -0.39 is 10.0 Å². The van der Waals surface area contributed by atoms with Crippen molar-refractivity contribution in [2.75, 3.05) is 26.7 Å². The monoisotopic (exact) mass is 410 g/mol. The molecule has 0 spiro atoms.